The first-order chi connectivity index (χ1) is 9.69. The lowest BCUT2D eigenvalue weighted by Crippen LogP contribution is -2.10. The zero-order valence-corrected chi connectivity index (χ0v) is 11.4. The highest BCUT2D eigenvalue weighted by molar-refractivity contribution is 6.09. The Morgan fingerprint density at radius 3 is 2.80 bits per heavy atom. The van der Waals surface area contributed by atoms with Gasteiger partial charge in [-0.2, -0.15) is 0 Å². The van der Waals surface area contributed by atoms with Crippen LogP contribution in [0.3, 0.4) is 0 Å². The average molecular weight is 276 g/mol. The highest BCUT2D eigenvalue weighted by atomic mass is 16.5. The zero-order chi connectivity index (χ0) is 14.5. The van der Waals surface area contributed by atoms with Gasteiger partial charge in [0.15, 0.2) is 5.69 Å². The largest absolute Gasteiger partial charge is 0.497 e. The molecule has 0 aliphatic rings. The van der Waals surface area contributed by atoms with Crippen LogP contribution >= 0.6 is 0 Å². The second kappa shape index (κ2) is 6.16. The average Bonchev–Trinajstić information content (AvgIpc) is 2.94. The van der Waals surface area contributed by atoms with Crippen LogP contribution in [0.4, 0.5) is 0 Å². The second-order valence-corrected chi connectivity index (χ2v) is 4.05. The van der Waals surface area contributed by atoms with Gasteiger partial charge in [-0.3, -0.25) is 9.48 Å². The van der Waals surface area contributed by atoms with Crippen molar-refractivity contribution in [2.45, 2.75) is 6.54 Å². The van der Waals surface area contributed by atoms with Crippen LogP contribution in [0, 0.1) is 0 Å². The Morgan fingerprint density at radius 2 is 2.15 bits per heavy atom. The van der Waals surface area contributed by atoms with Gasteiger partial charge in [0.25, 0.3) is 0 Å². The number of hydrogen-bond acceptors (Lipinski definition) is 6. The van der Waals surface area contributed by atoms with Gasteiger partial charge in [0, 0.05) is 6.54 Å². The molecule has 1 aromatic carbocycles. The van der Waals surface area contributed by atoms with Crippen molar-refractivity contribution < 1.29 is 14.3 Å². The van der Waals surface area contributed by atoms with Gasteiger partial charge < -0.3 is 15.2 Å². The minimum absolute atomic E-state index is 0.241. The van der Waals surface area contributed by atoms with E-state index < -0.39 is 0 Å². The minimum Gasteiger partial charge on any atom is -0.497 e. The third-order valence-corrected chi connectivity index (χ3v) is 2.78. The molecule has 20 heavy (non-hydrogen) atoms. The molecule has 0 aliphatic carbocycles. The molecule has 0 saturated heterocycles. The van der Waals surface area contributed by atoms with Crippen molar-refractivity contribution in [3.05, 3.63) is 35.7 Å². The molecule has 2 rings (SSSR count). The SMILES string of the molecule is COc1ccc(OC)c(C(=O)c2cn(CCN)nn2)c1. The monoisotopic (exact) mass is 276 g/mol. The first kappa shape index (κ1) is 14.0. The standard InChI is InChI=1S/C13H16N4O3/c1-19-9-3-4-12(20-2)10(7-9)13(18)11-8-17(6-5-14)16-15-11/h3-4,7-8H,5-6,14H2,1-2H3. The number of aromatic nitrogens is 3. The molecule has 0 atom stereocenters. The van der Waals surface area contributed by atoms with Crippen LogP contribution in [0.2, 0.25) is 0 Å². The van der Waals surface area contributed by atoms with E-state index in [-0.39, 0.29) is 11.5 Å². The summed E-state index contributed by atoms with van der Waals surface area (Å²) in [4.78, 5) is 12.4. The maximum atomic E-state index is 12.4. The van der Waals surface area contributed by atoms with Gasteiger partial charge in [0.05, 0.1) is 32.5 Å². The lowest BCUT2D eigenvalue weighted by Gasteiger charge is -2.08. The lowest BCUT2D eigenvalue weighted by molar-refractivity contribution is 0.103. The highest BCUT2D eigenvalue weighted by Gasteiger charge is 2.18. The van der Waals surface area contributed by atoms with Gasteiger partial charge in [-0.1, -0.05) is 5.21 Å². The molecule has 0 amide bonds. The van der Waals surface area contributed by atoms with E-state index in [0.717, 1.165) is 0 Å². The Kier molecular flexibility index (Phi) is 4.31. The molecule has 1 heterocycles. The number of nitrogens with two attached hydrogens (primary N) is 1. The number of rotatable bonds is 6. The molecule has 7 nitrogen and oxygen atoms in total. The smallest absolute Gasteiger partial charge is 0.218 e. The van der Waals surface area contributed by atoms with Crippen molar-refractivity contribution in [3.63, 3.8) is 0 Å². The number of benzene rings is 1. The molecule has 0 spiro atoms. The Hall–Kier alpha value is -2.41. The molecule has 0 saturated carbocycles. The third-order valence-electron chi connectivity index (χ3n) is 2.78. The molecular weight excluding hydrogens is 260 g/mol. The van der Waals surface area contributed by atoms with Gasteiger partial charge in [-0.25, -0.2) is 0 Å². The quantitative estimate of drug-likeness (QED) is 0.772. The van der Waals surface area contributed by atoms with Gasteiger partial charge in [0.1, 0.15) is 11.5 Å². The van der Waals surface area contributed by atoms with Crippen LogP contribution in [0.25, 0.3) is 0 Å². The van der Waals surface area contributed by atoms with Gasteiger partial charge in [-0.15, -0.1) is 5.10 Å². The van der Waals surface area contributed by atoms with Crippen LogP contribution < -0.4 is 15.2 Å². The number of nitrogens with zero attached hydrogens (tertiary/aromatic N) is 3. The summed E-state index contributed by atoms with van der Waals surface area (Å²) in [5.41, 5.74) is 6.05. The first-order valence-corrected chi connectivity index (χ1v) is 6.06. The molecule has 2 N–H and O–H groups in total. The van der Waals surface area contributed by atoms with Crippen LogP contribution in [0.1, 0.15) is 16.1 Å². The lowest BCUT2D eigenvalue weighted by atomic mass is 10.1. The molecule has 0 radical (unpaired) electrons. The molecule has 0 aliphatic heterocycles. The van der Waals surface area contributed by atoms with E-state index in [4.69, 9.17) is 15.2 Å². The van der Waals surface area contributed by atoms with Crippen molar-refractivity contribution in [2.24, 2.45) is 5.73 Å². The maximum Gasteiger partial charge on any atom is 0.218 e. The number of ketones is 1. The Balaban J connectivity index is 2.35. The highest BCUT2D eigenvalue weighted by Crippen LogP contribution is 2.25. The van der Waals surface area contributed by atoms with E-state index in [0.29, 0.717) is 30.2 Å². The van der Waals surface area contributed by atoms with Crippen molar-refractivity contribution in [2.75, 3.05) is 20.8 Å². The predicted molar refractivity (Wildman–Crippen MR) is 72.1 cm³/mol. The molecule has 0 bridgehead atoms. The van der Waals surface area contributed by atoms with Crippen LogP contribution in [-0.4, -0.2) is 41.5 Å². The van der Waals surface area contributed by atoms with Gasteiger partial charge in [0.2, 0.25) is 5.78 Å². The summed E-state index contributed by atoms with van der Waals surface area (Å²) >= 11 is 0. The first-order valence-electron chi connectivity index (χ1n) is 6.06. The minimum atomic E-state index is -0.274. The topological polar surface area (TPSA) is 92.3 Å². The van der Waals surface area contributed by atoms with E-state index in [1.807, 2.05) is 0 Å². The van der Waals surface area contributed by atoms with Crippen LogP contribution in [0.5, 0.6) is 11.5 Å². The van der Waals surface area contributed by atoms with Crippen molar-refractivity contribution in [1.29, 1.82) is 0 Å². The number of carbonyl (C=O) groups excluding carboxylic acids is 1. The van der Waals surface area contributed by atoms with E-state index >= 15 is 0 Å². The Morgan fingerprint density at radius 1 is 1.35 bits per heavy atom. The molecular formula is C13H16N4O3. The zero-order valence-electron chi connectivity index (χ0n) is 11.4. The van der Waals surface area contributed by atoms with E-state index in [2.05, 4.69) is 10.3 Å². The van der Waals surface area contributed by atoms with E-state index in [1.54, 1.807) is 24.4 Å². The van der Waals surface area contributed by atoms with Crippen LogP contribution in [0.15, 0.2) is 24.4 Å². The summed E-state index contributed by atoms with van der Waals surface area (Å²) in [6.07, 6.45) is 1.56. The fraction of sp³-hybridized carbons (Fsp3) is 0.308. The number of methoxy groups -OCH3 is 2. The van der Waals surface area contributed by atoms with Gasteiger partial charge >= 0.3 is 0 Å². The summed E-state index contributed by atoms with van der Waals surface area (Å²) in [6, 6.07) is 5.01. The second-order valence-electron chi connectivity index (χ2n) is 4.05. The fourth-order valence-corrected chi connectivity index (χ4v) is 1.77. The summed E-state index contributed by atoms with van der Waals surface area (Å²) in [7, 11) is 3.04. The normalized spacial score (nSPS) is 10.3. The van der Waals surface area contributed by atoms with Crippen molar-refractivity contribution in [1.82, 2.24) is 15.0 Å². The summed E-state index contributed by atoms with van der Waals surface area (Å²) in [5, 5.41) is 7.70. The summed E-state index contributed by atoms with van der Waals surface area (Å²) in [6.45, 7) is 0.939. The molecule has 7 heteroatoms. The maximum absolute atomic E-state index is 12.4. The van der Waals surface area contributed by atoms with E-state index in [1.165, 1.54) is 18.9 Å². The van der Waals surface area contributed by atoms with Crippen molar-refractivity contribution >= 4 is 5.78 Å². The number of hydrogen-bond donors (Lipinski definition) is 1. The summed E-state index contributed by atoms with van der Waals surface area (Å²) < 4.78 is 11.8. The summed E-state index contributed by atoms with van der Waals surface area (Å²) in [5.74, 6) is 0.761. The number of carbonyl (C=O) groups is 1. The molecule has 0 fully saturated rings. The molecule has 1 aromatic heterocycles. The van der Waals surface area contributed by atoms with E-state index in [9.17, 15) is 4.79 Å². The Bertz CT molecular complexity index is 609. The molecule has 106 valence electrons. The predicted octanol–water partition coefficient (Wildman–Crippen LogP) is 0.485. The fourth-order valence-electron chi connectivity index (χ4n) is 1.77. The number of ether oxygens (including phenoxy) is 2. The van der Waals surface area contributed by atoms with Gasteiger partial charge in [-0.05, 0) is 18.2 Å². The third kappa shape index (κ3) is 2.77. The molecule has 2 aromatic rings. The van der Waals surface area contributed by atoms with Crippen molar-refractivity contribution in [3.8, 4) is 11.5 Å². The Labute approximate surface area is 116 Å². The molecule has 0 unspecified atom stereocenters. The van der Waals surface area contributed by atoms with Crippen LogP contribution in [-0.2, 0) is 6.54 Å².